The van der Waals surface area contributed by atoms with E-state index in [1.807, 2.05) is 0 Å². The Balaban J connectivity index is 1.71. The van der Waals surface area contributed by atoms with Crippen molar-refractivity contribution in [2.45, 2.75) is 32.5 Å². The molecule has 9 nitrogen and oxygen atoms in total. The minimum absolute atomic E-state index is 0.0154. The van der Waals surface area contributed by atoms with Gasteiger partial charge in [0.1, 0.15) is 18.0 Å². The van der Waals surface area contributed by atoms with Gasteiger partial charge in [0.05, 0.1) is 19.2 Å². The van der Waals surface area contributed by atoms with Crippen molar-refractivity contribution in [3.8, 4) is 11.8 Å². The van der Waals surface area contributed by atoms with Crippen molar-refractivity contribution >= 4 is 35.1 Å². The number of alkyl halides is 3. The second-order valence-corrected chi connectivity index (χ2v) is 8.22. The molecule has 1 aliphatic rings. The molecule has 1 aliphatic heterocycles. The lowest BCUT2D eigenvalue weighted by atomic mass is 10.1. The summed E-state index contributed by atoms with van der Waals surface area (Å²) in [5.41, 5.74) is 2.31. The van der Waals surface area contributed by atoms with Gasteiger partial charge in [0.2, 0.25) is 11.9 Å². The number of hydrogen-bond acceptors (Lipinski definition) is 7. The van der Waals surface area contributed by atoms with Crippen LogP contribution < -0.4 is 15.3 Å². The van der Waals surface area contributed by atoms with Crippen LogP contribution in [0.2, 0.25) is 5.02 Å². The molecule has 1 fully saturated rings. The van der Waals surface area contributed by atoms with E-state index >= 15 is 0 Å². The number of nitrogens with zero attached hydrogens (tertiary/aromatic N) is 5. The molecule has 2 amide bonds. The first-order chi connectivity index (χ1) is 17.0. The fourth-order valence-corrected chi connectivity index (χ4v) is 3.59. The molecule has 3 aromatic rings. The van der Waals surface area contributed by atoms with Crippen molar-refractivity contribution in [3.05, 3.63) is 64.6 Å². The number of rotatable bonds is 4. The number of hydrogen-bond donors (Lipinski definition) is 1. The summed E-state index contributed by atoms with van der Waals surface area (Å²) in [6.07, 6.45) is -2.30. The number of amides is 2. The number of hydrazine groups is 1. The van der Waals surface area contributed by atoms with E-state index in [0.29, 0.717) is 16.3 Å². The number of carbonyl (C=O) groups excluding carboxylic acids is 2. The molecule has 0 saturated carbocycles. The molecule has 1 N–H and O–H groups in total. The van der Waals surface area contributed by atoms with Gasteiger partial charge in [-0.25, -0.2) is 20.0 Å². The fourth-order valence-electron chi connectivity index (χ4n) is 3.47. The summed E-state index contributed by atoms with van der Waals surface area (Å²) in [6.45, 7) is 2.97. The van der Waals surface area contributed by atoms with Gasteiger partial charge in [-0.3, -0.25) is 19.9 Å². The number of oxazole rings is 1. The van der Waals surface area contributed by atoms with Crippen LogP contribution in [0.1, 0.15) is 29.3 Å². The molecule has 186 valence electrons. The van der Waals surface area contributed by atoms with Crippen molar-refractivity contribution in [1.29, 1.82) is 0 Å². The lowest BCUT2D eigenvalue weighted by Crippen LogP contribution is -2.50. The average Bonchev–Trinajstić information content (AvgIpc) is 3.47. The SMILES string of the molecule is Cc1cc(C(F)(F)F)nc(N2NC(=O)CC2C(=O)N(CC#Cc2ncco2)c2ccc(Cl)c(C)c2)n1. The van der Waals surface area contributed by atoms with E-state index in [-0.39, 0.29) is 24.6 Å². The van der Waals surface area contributed by atoms with Gasteiger partial charge in [0, 0.05) is 16.4 Å². The van der Waals surface area contributed by atoms with Crippen molar-refractivity contribution in [1.82, 2.24) is 20.4 Å². The minimum atomic E-state index is -4.74. The Labute approximate surface area is 208 Å². The van der Waals surface area contributed by atoms with Crippen molar-refractivity contribution in [2.75, 3.05) is 16.5 Å². The molecule has 1 unspecified atom stereocenters. The first-order valence-corrected chi connectivity index (χ1v) is 10.9. The smallest absolute Gasteiger partial charge is 0.433 e. The zero-order chi connectivity index (χ0) is 26.0. The number of aromatic nitrogens is 3. The van der Waals surface area contributed by atoms with Gasteiger partial charge < -0.3 is 4.42 Å². The first-order valence-electron chi connectivity index (χ1n) is 10.5. The Bertz CT molecular complexity index is 1370. The number of aryl methyl sites for hydroxylation is 2. The van der Waals surface area contributed by atoms with Gasteiger partial charge in [-0.05, 0) is 49.6 Å². The summed E-state index contributed by atoms with van der Waals surface area (Å²) in [5, 5.41) is 1.42. The quantitative estimate of drug-likeness (QED) is 0.527. The van der Waals surface area contributed by atoms with E-state index in [0.717, 1.165) is 11.1 Å². The third kappa shape index (κ3) is 5.41. The first kappa shape index (κ1) is 25.0. The Hall–Kier alpha value is -4.11. The zero-order valence-corrected chi connectivity index (χ0v) is 19.7. The average molecular weight is 519 g/mol. The minimum Gasteiger partial charge on any atom is -0.439 e. The molecule has 0 aliphatic carbocycles. The summed E-state index contributed by atoms with van der Waals surface area (Å²) in [4.78, 5) is 38.7. The Morgan fingerprint density at radius 2 is 2.08 bits per heavy atom. The molecule has 0 spiro atoms. The van der Waals surface area contributed by atoms with Gasteiger partial charge in [-0.1, -0.05) is 17.5 Å². The number of benzene rings is 1. The molecular formula is C23H18ClF3N6O3. The highest BCUT2D eigenvalue weighted by molar-refractivity contribution is 6.31. The van der Waals surface area contributed by atoms with Gasteiger partial charge in [0.25, 0.3) is 11.8 Å². The summed E-state index contributed by atoms with van der Waals surface area (Å²) < 4.78 is 45.1. The summed E-state index contributed by atoms with van der Waals surface area (Å²) in [5.74, 6) is 3.97. The molecule has 0 radical (unpaired) electrons. The van der Waals surface area contributed by atoms with E-state index < -0.39 is 35.7 Å². The maximum atomic E-state index is 13.7. The maximum Gasteiger partial charge on any atom is 0.433 e. The van der Waals surface area contributed by atoms with E-state index in [1.54, 1.807) is 25.1 Å². The van der Waals surface area contributed by atoms with Crippen LogP contribution in [-0.4, -0.2) is 39.4 Å². The van der Waals surface area contributed by atoms with E-state index in [4.69, 9.17) is 16.0 Å². The topological polar surface area (TPSA) is 104 Å². The third-order valence-corrected chi connectivity index (χ3v) is 5.58. The lowest BCUT2D eigenvalue weighted by molar-refractivity contribution is -0.141. The molecule has 1 saturated heterocycles. The van der Waals surface area contributed by atoms with Crippen LogP contribution in [0, 0.1) is 25.7 Å². The monoisotopic (exact) mass is 518 g/mol. The number of halogens is 4. The number of nitrogens with one attached hydrogen (secondary N) is 1. The number of carbonyl (C=O) groups is 2. The lowest BCUT2D eigenvalue weighted by Gasteiger charge is -2.29. The Kier molecular flexibility index (Phi) is 6.85. The van der Waals surface area contributed by atoms with Crippen molar-refractivity contribution in [3.63, 3.8) is 0 Å². The Morgan fingerprint density at radius 1 is 1.31 bits per heavy atom. The van der Waals surface area contributed by atoms with Crippen molar-refractivity contribution < 1.29 is 27.2 Å². The molecule has 0 bridgehead atoms. The van der Waals surface area contributed by atoms with E-state index in [9.17, 15) is 22.8 Å². The molecule has 2 aromatic heterocycles. The highest BCUT2D eigenvalue weighted by Gasteiger charge is 2.41. The van der Waals surface area contributed by atoms with Gasteiger partial charge in [-0.2, -0.15) is 13.2 Å². The standard InChI is InChI=1S/C23H18ClF3N6O3/c1-13-10-15(5-6-16(13)24)32(8-3-4-20-28-7-9-36-20)21(35)17-12-19(34)31-33(17)22-29-14(2)11-18(30-22)23(25,26)27/h5-7,9-11,17H,8,12H2,1-2H3,(H,31,34). The van der Waals surface area contributed by atoms with Crippen LogP contribution in [0.3, 0.4) is 0 Å². The molecule has 4 rings (SSSR count). The predicted octanol–water partition coefficient (Wildman–Crippen LogP) is 3.45. The van der Waals surface area contributed by atoms with E-state index in [2.05, 4.69) is 32.2 Å². The molecule has 1 atom stereocenters. The highest BCUT2D eigenvalue weighted by Crippen LogP contribution is 2.31. The normalized spacial score (nSPS) is 15.3. The summed E-state index contributed by atoms with van der Waals surface area (Å²) in [7, 11) is 0. The van der Waals surface area contributed by atoms with E-state index in [1.165, 1.54) is 24.3 Å². The zero-order valence-electron chi connectivity index (χ0n) is 18.9. The molecular weight excluding hydrogens is 501 g/mol. The molecule has 3 heterocycles. The second-order valence-electron chi connectivity index (χ2n) is 7.81. The van der Waals surface area contributed by atoms with Gasteiger partial charge in [-0.15, -0.1) is 0 Å². The van der Waals surface area contributed by atoms with Crippen LogP contribution in [0.4, 0.5) is 24.8 Å². The summed E-state index contributed by atoms with van der Waals surface area (Å²) in [6, 6.07) is 4.40. The number of anilines is 2. The largest absolute Gasteiger partial charge is 0.439 e. The van der Waals surface area contributed by atoms with Gasteiger partial charge in [0.15, 0.2) is 0 Å². The van der Waals surface area contributed by atoms with Crippen LogP contribution in [-0.2, 0) is 15.8 Å². The van der Waals surface area contributed by atoms with Crippen LogP contribution in [0.5, 0.6) is 0 Å². The predicted molar refractivity (Wildman–Crippen MR) is 123 cm³/mol. The van der Waals surface area contributed by atoms with Crippen molar-refractivity contribution in [2.24, 2.45) is 0 Å². The summed E-state index contributed by atoms with van der Waals surface area (Å²) >= 11 is 6.13. The van der Waals surface area contributed by atoms with Crippen LogP contribution in [0.15, 0.2) is 41.1 Å². The third-order valence-electron chi connectivity index (χ3n) is 5.15. The molecule has 13 heteroatoms. The van der Waals surface area contributed by atoms with Crippen LogP contribution in [0.25, 0.3) is 0 Å². The molecule has 1 aromatic carbocycles. The fraction of sp³-hybridized carbons (Fsp3) is 0.261. The van der Waals surface area contributed by atoms with Crippen LogP contribution >= 0.6 is 11.6 Å². The molecule has 36 heavy (non-hydrogen) atoms. The Morgan fingerprint density at radius 3 is 2.75 bits per heavy atom. The van der Waals surface area contributed by atoms with Gasteiger partial charge >= 0.3 is 6.18 Å². The maximum absolute atomic E-state index is 13.7. The second kappa shape index (κ2) is 9.87. The highest BCUT2D eigenvalue weighted by atomic mass is 35.5.